The number of para-hydroxylation sites is 1. The Balaban J connectivity index is 0.000000423. The molecule has 1 aromatic rings. The molecule has 0 saturated heterocycles. The third kappa shape index (κ3) is 10.5. The smallest absolute Gasteiger partial charge is 0.322 e. The van der Waals surface area contributed by atoms with E-state index in [0.29, 0.717) is 0 Å². The van der Waals surface area contributed by atoms with E-state index in [1.165, 1.54) is 0 Å². The Labute approximate surface area is 89.1 Å². The van der Waals surface area contributed by atoms with E-state index in [-0.39, 0.29) is 6.54 Å². The predicted octanol–water partition coefficient (Wildman–Crippen LogP) is 0.522. The van der Waals surface area contributed by atoms with Gasteiger partial charge >= 0.3 is 5.97 Å². The summed E-state index contributed by atoms with van der Waals surface area (Å²) in [6.07, 6.45) is 0. The molecule has 1 rings (SSSR count). The fourth-order valence-corrected chi connectivity index (χ4v) is 0.734. The van der Waals surface area contributed by atoms with Crippen molar-refractivity contribution in [2.24, 2.45) is 0 Å². The van der Waals surface area contributed by atoms with Crippen LogP contribution in [0.3, 0.4) is 0 Å². The molecular weight excluding hydrogens is 222 g/mol. The average Bonchev–Trinajstić information content (AvgIpc) is 2.15. The molecule has 0 heterocycles. The molecule has 0 bridgehead atoms. The van der Waals surface area contributed by atoms with Crippen LogP contribution in [0, 0.1) is 0 Å². The number of anilines is 1. The minimum atomic E-state index is -2.86. The van der Waals surface area contributed by atoms with Crippen LogP contribution in [-0.4, -0.2) is 30.9 Å². The Bertz CT molecular complexity index is 312. The highest BCUT2D eigenvalue weighted by Crippen LogP contribution is 2.03. The number of carboxylic acids is 1. The molecule has 7 heteroatoms. The maximum Gasteiger partial charge on any atom is 0.322 e. The summed E-state index contributed by atoms with van der Waals surface area (Å²) in [6.45, 7) is -0.0377. The van der Waals surface area contributed by atoms with Crippen molar-refractivity contribution in [2.75, 3.05) is 11.9 Å². The zero-order chi connectivity index (χ0) is 11.7. The zero-order valence-corrected chi connectivity index (χ0v) is 8.44. The lowest BCUT2D eigenvalue weighted by molar-refractivity contribution is -0.134. The topological polar surface area (TPSA) is 110 Å². The van der Waals surface area contributed by atoms with Crippen molar-refractivity contribution < 1.29 is 23.2 Å². The van der Waals surface area contributed by atoms with Crippen molar-refractivity contribution in [3.63, 3.8) is 0 Å². The van der Waals surface area contributed by atoms with Crippen molar-refractivity contribution >= 4 is 23.0 Å². The summed E-state index contributed by atoms with van der Waals surface area (Å²) in [4.78, 5) is 10.1. The van der Waals surface area contributed by atoms with Crippen LogP contribution < -0.4 is 5.32 Å². The molecule has 0 radical (unpaired) electrons. The van der Waals surface area contributed by atoms with Crippen LogP contribution in [-0.2, 0) is 16.2 Å². The molecule has 0 amide bonds. The van der Waals surface area contributed by atoms with Crippen LogP contribution in [0.25, 0.3) is 0 Å². The van der Waals surface area contributed by atoms with Crippen molar-refractivity contribution in [3.8, 4) is 0 Å². The number of hydrogen-bond acceptors (Lipinski definition) is 4. The molecule has 3 N–H and O–H groups in total. The van der Waals surface area contributed by atoms with E-state index >= 15 is 0 Å². The van der Waals surface area contributed by atoms with Gasteiger partial charge in [0.15, 0.2) is 0 Å². The van der Waals surface area contributed by atoms with Gasteiger partial charge in [0.25, 0.3) is 0 Å². The Morgan fingerprint density at radius 1 is 1.40 bits per heavy atom. The van der Waals surface area contributed by atoms with Gasteiger partial charge in [-0.1, -0.05) is 18.2 Å². The molecule has 1 atom stereocenters. The summed E-state index contributed by atoms with van der Waals surface area (Å²) in [5.41, 5.74) is 0.829. The van der Waals surface area contributed by atoms with Crippen LogP contribution in [0.4, 0.5) is 5.69 Å². The molecule has 0 fully saturated rings. The van der Waals surface area contributed by atoms with Gasteiger partial charge in [-0.05, 0) is 12.1 Å². The minimum absolute atomic E-state index is 0.0377. The molecule has 0 aliphatic heterocycles. The maximum atomic E-state index is 10.1. The quantitative estimate of drug-likeness (QED) is 0.655. The number of rotatable bonds is 3. The highest BCUT2D eigenvalue weighted by molar-refractivity contribution is 7.73. The summed E-state index contributed by atoms with van der Waals surface area (Å²) < 4.78 is 24.1. The molecule has 0 saturated carbocycles. The molecule has 84 valence electrons. The third-order valence-corrected chi connectivity index (χ3v) is 1.22. The van der Waals surface area contributed by atoms with Gasteiger partial charge in [0, 0.05) is 5.69 Å². The lowest BCUT2D eigenvalue weighted by Gasteiger charge is -2.00. The van der Waals surface area contributed by atoms with Gasteiger partial charge in [0.05, 0.1) is 11.4 Å². The number of nitrogens with one attached hydrogen (secondary N) is 1. The van der Waals surface area contributed by atoms with Gasteiger partial charge in [0.2, 0.25) is 0 Å². The monoisotopic (exact) mass is 232 g/mol. The van der Waals surface area contributed by atoms with E-state index in [4.69, 9.17) is 18.4 Å². The van der Waals surface area contributed by atoms with Gasteiger partial charge in [-0.15, -0.1) is 0 Å². The number of carbonyl (C=O) groups is 1. The normalized spacial score (nSPS) is 10.8. The molecule has 0 spiro atoms. The number of aliphatic carboxylic acids is 1. The summed E-state index contributed by atoms with van der Waals surface area (Å²) in [6, 6.07) is 9.23. The predicted molar refractivity (Wildman–Crippen MR) is 54.1 cm³/mol. The second kappa shape index (κ2) is 7.92. The Morgan fingerprint density at radius 2 is 1.87 bits per heavy atom. The SMILES string of the molecule is O=C(O)CNc1ccccc1.O=S([O-])O. The van der Waals surface area contributed by atoms with Gasteiger partial charge in [-0.3, -0.25) is 4.79 Å². The Morgan fingerprint density at radius 3 is 2.27 bits per heavy atom. The fourth-order valence-electron chi connectivity index (χ4n) is 0.734. The van der Waals surface area contributed by atoms with Crippen molar-refractivity contribution in [1.82, 2.24) is 0 Å². The van der Waals surface area contributed by atoms with E-state index < -0.39 is 17.3 Å². The highest BCUT2D eigenvalue weighted by atomic mass is 32.2. The average molecular weight is 232 g/mol. The highest BCUT2D eigenvalue weighted by Gasteiger charge is 1.93. The van der Waals surface area contributed by atoms with Crippen LogP contribution in [0.2, 0.25) is 0 Å². The van der Waals surface area contributed by atoms with Gasteiger partial charge in [-0.25, -0.2) is 4.21 Å². The van der Waals surface area contributed by atoms with E-state index in [1.807, 2.05) is 30.3 Å². The molecule has 0 aliphatic rings. The summed E-state index contributed by atoms with van der Waals surface area (Å²) in [7, 11) is 0. The lowest BCUT2D eigenvalue weighted by Crippen LogP contribution is -2.11. The van der Waals surface area contributed by atoms with Gasteiger partial charge < -0.3 is 19.5 Å². The van der Waals surface area contributed by atoms with E-state index in [2.05, 4.69) is 5.32 Å². The van der Waals surface area contributed by atoms with Crippen LogP contribution in [0.15, 0.2) is 30.3 Å². The first-order valence-corrected chi connectivity index (χ1v) is 4.84. The number of benzene rings is 1. The molecule has 1 aromatic carbocycles. The van der Waals surface area contributed by atoms with Gasteiger partial charge in [0.1, 0.15) is 6.54 Å². The van der Waals surface area contributed by atoms with Gasteiger partial charge in [-0.2, -0.15) is 0 Å². The summed E-state index contributed by atoms with van der Waals surface area (Å²) in [5.74, 6) is -0.853. The van der Waals surface area contributed by atoms with E-state index in [9.17, 15) is 4.79 Å². The first-order valence-electron chi connectivity index (χ1n) is 3.81. The standard InChI is InChI=1S/C8H9NO2.H2O3S/c10-8(11)6-9-7-4-2-1-3-5-7;1-4(2)3/h1-5,9H,6H2,(H,10,11);(H2,1,2,3)/p-1. The Kier molecular flexibility index (Phi) is 7.16. The van der Waals surface area contributed by atoms with Crippen LogP contribution in [0.5, 0.6) is 0 Å². The number of carboxylic acid groups (broad SMARTS) is 1. The largest absolute Gasteiger partial charge is 0.750 e. The second-order valence-corrected chi connectivity index (χ2v) is 2.76. The minimum Gasteiger partial charge on any atom is -0.750 e. The molecule has 1 unspecified atom stereocenters. The maximum absolute atomic E-state index is 10.1. The van der Waals surface area contributed by atoms with Crippen LogP contribution in [0.1, 0.15) is 0 Å². The van der Waals surface area contributed by atoms with E-state index in [0.717, 1.165) is 5.69 Å². The van der Waals surface area contributed by atoms with Crippen molar-refractivity contribution in [2.45, 2.75) is 0 Å². The van der Waals surface area contributed by atoms with Crippen LogP contribution >= 0.6 is 0 Å². The Hall–Kier alpha value is -1.44. The first kappa shape index (κ1) is 13.6. The fraction of sp³-hybridized carbons (Fsp3) is 0.125. The summed E-state index contributed by atoms with van der Waals surface area (Å²) >= 11 is -2.86. The van der Waals surface area contributed by atoms with Crippen molar-refractivity contribution in [1.29, 1.82) is 0 Å². The molecule has 15 heavy (non-hydrogen) atoms. The zero-order valence-electron chi connectivity index (χ0n) is 7.62. The lowest BCUT2D eigenvalue weighted by atomic mass is 10.3. The second-order valence-electron chi connectivity index (χ2n) is 2.33. The molecular formula is C8H10NO5S-. The van der Waals surface area contributed by atoms with E-state index in [1.54, 1.807) is 0 Å². The van der Waals surface area contributed by atoms with Crippen molar-refractivity contribution in [3.05, 3.63) is 30.3 Å². The molecule has 0 aliphatic carbocycles. The third-order valence-electron chi connectivity index (χ3n) is 1.22. The molecule has 6 nitrogen and oxygen atoms in total. The first-order chi connectivity index (χ1) is 7.02. The molecule has 0 aromatic heterocycles. The summed E-state index contributed by atoms with van der Waals surface area (Å²) in [5, 5.41) is 11.1. The number of hydrogen-bond donors (Lipinski definition) is 3.